The van der Waals surface area contributed by atoms with E-state index in [1.165, 1.54) is 11.8 Å². The van der Waals surface area contributed by atoms with Crippen LogP contribution in [0.2, 0.25) is 0 Å². The molecule has 0 saturated carbocycles. The molecule has 0 bridgehead atoms. The second-order valence-corrected chi connectivity index (χ2v) is 6.34. The van der Waals surface area contributed by atoms with Crippen LogP contribution in [0.4, 0.5) is 0 Å². The molecular formula is C11H14N6S2. The molecule has 6 nitrogen and oxygen atoms in total. The van der Waals surface area contributed by atoms with Crippen molar-refractivity contribution in [3.8, 4) is 11.4 Å². The largest absolute Gasteiger partial charge is 0.218 e. The molecule has 2 aromatic heterocycles. The summed E-state index contributed by atoms with van der Waals surface area (Å²) in [5, 5.41) is 17.7. The van der Waals surface area contributed by atoms with Crippen LogP contribution in [0.3, 0.4) is 0 Å². The second-order valence-electron chi connectivity index (χ2n) is 4.02. The summed E-state index contributed by atoms with van der Waals surface area (Å²) >= 11 is 3.02. The Balaban J connectivity index is 2.41. The molecule has 0 aliphatic heterocycles. The maximum atomic E-state index is 4.47. The van der Waals surface area contributed by atoms with E-state index in [1.807, 2.05) is 13.2 Å². The Bertz CT molecular complexity index is 575. The minimum absolute atomic E-state index is 0.406. The lowest BCUT2D eigenvalue weighted by Gasteiger charge is -2.06. The molecule has 0 atom stereocenters. The minimum Gasteiger partial charge on any atom is -0.218 e. The Labute approximate surface area is 120 Å². The van der Waals surface area contributed by atoms with E-state index in [0.29, 0.717) is 27.0 Å². The van der Waals surface area contributed by atoms with Crippen molar-refractivity contribution in [2.24, 2.45) is 0 Å². The Morgan fingerprint density at radius 2 is 1.84 bits per heavy atom. The van der Waals surface area contributed by atoms with E-state index in [-0.39, 0.29) is 0 Å². The second kappa shape index (κ2) is 6.25. The van der Waals surface area contributed by atoms with Gasteiger partial charge in [0.15, 0.2) is 0 Å². The van der Waals surface area contributed by atoms with Gasteiger partial charge in [0.2, 0.25) is 10.3 Å². The van der Waals surface area contributed by atoms with Crippen LogP contribution in [-0.4, -0.2) is 41.9 Å². The maximum Gasteiger partial charge on any atom is 0.209 e. The van der Waals surface area contributed by atoms with Gasteiger partial charge in [-0.05, 0) is 13.2 Å². The molecule has 0 aliphatic rings. The Hall–Kier alpha value is -1.28. The smallest absolute Gasteiger partial charge is 0.209 e. The molecular weight excluding hydrogens is 280 g/mol. The summed E-state index contributed by atoms with van der Waals surface area (Å²) in [6.07, 6.45) is 3.51. The number of hydrogen-bond acceptors (Lipinski definition) is 8. The van der Waals surface area contributed by atoms with Crippen LogP contribution >= 0.6 is 23.5 Å². The van der Waals surface area contributed by atoms with E-state index >= 15 is 0 Å². The van der Waals surface area contributed by atoms with Gasteiger partial charge in [0.05, 0.1) is 11.9 Å². The third-order valence-electron chi connectivity index (χ3n) is 2.14. The lowest BCUT2D eigenvalue weighted by Crippen LogP contribution is -2.02. The van der Waals surface area contributed by atoms with Crippen molar-refractivity contribution in [2.45, 2.75) is 36.3 Å². The van der Waals surface area contributed by atoms with Gasteiger partial charge in [-0.1, -0.05) is 37.4 Å². The predicted octanol–water partition coefficient (Wildman–Crippen LogP) is 2.25. The van der Waals surface area contributed by atoms with E-state index < -0.39 is 0 Å². The lowest BCUT2D eigenvalue weighted by molar-refractivity contribution is 0.800. The topological polar surface area (TPSA) is 77.3 Å². The number of hydrogen-bond donors (Lipinski definition) is 0. The molecule has 0 amide bonds. The summed E-state index contributed by atoms with van der Waals surface area (Å²) < 4.78 is 0. The first-order valence-corrected chi connectivity index (χ1v) is 7.82. The number of thioether (sulfide) groups is 2. The standard InChI is InChI=1S/C11H14N6S2/c1-6(2)19-11-13-8(5-12-16-11)9-7(3)15-17-10(14-9)18-4/h5-6H,1-4H3. The van der Waals surface area contributed by atoms with Gasteiger partial charge in [0, 0.05) is 5.25 Å². The van der Waals surface area contributed by atoms with E-state index in [2.05, 4.69) is 44.2 Å². The van der Waals surface area contributed by atoms with Gasteiger partial charge in [-0.25, -0.2) is 9.97 Å². The average Bonchev–Trinajstić information content (AvgIpc) is 2.39. The molecule has 0 saturated heterocycles. The molecule has 19 heavy (non-hydrogen) atoms. The van der Waals surface area contributed by atoms with Crippen LogP contribution < -0.4 is 0 Å². The Morgan fingerprint density at radius 1 is 1.05 bits per heavy atom. The third kappa shape index (κ3) is 3.60. The molecule has 2 heterocycles. The normalized spacial score (nSPS) is 11.0. The summed E-state index contributed by atoms with van der Waals surface area (Å²) in [7, 11) is 0. The molecule has 0 radical (unpaired) electrons. The fraction of sp³-hybridized carbons (Fsp3) is 0.455. The van der Waals surface area contributed by atoms with Crippen molar-refractivity contribution in [1.82, 2.24) is 30.4 Å². The molecule has 2 aromatic rings. The van der Waals surface area contributed by atoms with Gasteiger partial charge >= 0.3 is 0 Å². The van der Waals surface area contributed by atoms with Crippen molar-refractivity contribution in [2.75, 3.05) is 6.26 Å². The van der Waals surface area contributed by atoms with E-state index in [1.54, 1.807) is 18.0 Å². The molecule has 0 aromatic carbocycles. The van der Waals surface area contributed by atoms with Crippen molar-refractivity contribution < 1.29 is 0 Å². The zero-order valence-electron chi connectivity index (χ0n) is 11.2. The summed E-state index contributed by atoms with van der Waals surface area (Å²) in [6, 6.07) is 0. The monoisotopic (exact) mass is 294 g/mol. The molecule has 2 rings (SSSR count). The van der Waals surface area contributed by atoms with Crippen LogP contribution in [0.25, 0.3) is 11.4 Å². The number of aryl methyl sites for hydroxylation is 1. The highest BCUT2D eigenvalue weighted by atomic mass is 32.2. The zero-order valence-corrected chi connectivity index (χ0v) is 12.8. The summed E-state index contributed by atoms with van der Waals surface area (Å²) in [4.78, 5) is 8.90. The van der Waals surface area contributed by atoms with Crippen LogP contribution in [0, 0.1) is 6.92 Å². The molecule has 8 heteroatoms. The Morgan fingerprint density at radius 3 is 2.53 bits per heavy atom. The lowest BCUT2D eigenvalue weighted by atomic mass is 10.3. The highest BCUT2D eigenvalue weighted by molar-refractivity contribution is 7.99. The molecule has 0 spiro atoms. The fourth-order valence-electron chi connectivity index (χ4n) is 1.36. The first-order chi connectivity index (χ1) is 9.10. The third-order valence-corrected chi connectivity index (χ3v) is 3.53. The van der Waals surface area contributed by atoms with Gasteiger partial charge in [0.1, 0.15) is 11.4 Å². The van der Waals surface area contributed by atoms with Gasteiger partial charge in [-0.15, -0.1) is 10.2 Å². The quantitative estimate of drug-likeness (QED) is 0.795. The highest BCUT2D eigenvalue weighted by Gasteiger charge is 2.12. The number of rotatable bonds is 4. The van der Waals surface area contributed by atoms with Crippen molar-refractivity contribution in [3.63, 3.8) is 0 Å². The summed E-state index contributed by atoms with van der Waals surface area (Å²) in [5.41, 5.74) is 2.12. The van der Waals surface area contributed by atoms with Crippen molar-refractivity contribution in [3.05, 3.63) is 11.9 Å². The molecule has 100 valence electrons. The van der Waals surface area contributed by atoms with Crippen LogP contribution in [0.1, 0.15) is 19.5 Å². The van der Waals surface area contributed by atoms with E-state index in [4.69, 9.17) is 0 Å². The van der Waals surface area contributed by atoms with Gasteiger partial charge in [-0.2, -0.15) is 10.2 Å². The van der Waals surface area contributed by atoms with Crippen molar-refractivity contribution in [1.29, 1.82) is 0 Å². The number of nitrogens with zero attached hydrogens (tertiary/aromatic N) is 6. The SMILES string of the molecule is CSc1nnc(C)c(-c2cnnc(SC(C)C)n2)n1. The Kier molecular flexibility index (Phi) is 4.65. The first-order valence-electron chi connectivity index (χ1n) is 5.72. The first kappa shape index (κ1) is 14.1. The van der Waals surface area contributed by atoms with Crippen molar-refractivity contribution >= 4 is 23.5 Å². The van der Waals surface area contributed by atoms with Gasteiger partial charge in [0.25, 0.3) is 0 Å². The summed E-state index contributed by atoms with van der Waals surface area (Å²) in [5.74, 6) is 0. The minimum atomic E-state index is 0.406. The van der Waals surface area contributed by atoms with Gasteiger partial charge < -0.3 is 0 Å². The zero-order chi connectivity index (χ0) is 13.8. The van der Waals surface area contributed by atoms with Gasteiger partial charge in [-0.3, -0.25) is 0 Å². The highest BCUT2D eigenvalue weighted by Crippen LogP contribution is 2.22. The van der Waals surface area contributed by atoms with Crippen LogP contribution in [0.5, 0.6) is 0 Å². The van der Waals surface area contributed by atoms with Crippen LogP contribution in [0.15, 0.2) is 16.5 Å². The van der Waals surface area contributed by atoms with Crippen LogP contribution in [-0.2, 0) is 0 Å². The molecule has 0 unspecified atom stereocenters. The molecule has 0 N–H and O–H groups in total. The van der Waals surface area contributed by atoms with E-state index in [0.717, 1.165) is 5.69 Å². The predicted molar refractivity (Wildman–Crippen MR) is 76.2 cm³/mol. The fourth-order valence-corrected chi connectivity index (χ4v) is 2.33. The average molecular weight is 294 g/mol. The van der Waals surface area contributed by atoms with E-state index in [9.17, 15) is 0 Å². The number of aromatic nitrogens is 6. The molecule has 0 aliphatic carbocycles. The summed E-state index contributed by atoms with van der Waals surface area (Å²) in [6.45, 7) is 6.03. The molecule has 0 fully saturated rings. The maximum absolute atomic E-state index is 4.47.